The second-order valence-electron chi connectivity index (χ2n) is 4.52. The van der Waals surface area contributed by atoms with Crippen molar-refractivity contribution < 1.29 is 9.47 Å². The third kappa shape index (κ3) is 2.93. The van der Waals surface area contributed by atoms with Crippen LogP contribution in [-0.2, 0) is 6.54 Å². The molecule has 0 radical (unpaired) electrons. The van der Waals surface area contributed by atoms with Crippen molar-refractivity contribution in [3.05, 3.63) is 54.2 Å². The van der Waals surface area contributed by atoms with Crippen LogP contribution >= 0.6 is 0 Å². The normalized spacial score (nSPS) is 10.6. The summed E-state index contributed by atoms with van der Waals surface area (Å²) in [6, 6.07) is 13.2. The number of hydrogen-bond donors (Lipinski definition) is 1. The molecule has 5 heteroatoms. The number of nitrogens with two attached hydrogens (primary N) is 1. The van der Waals surface area contributed by atoms with Crippen molar-refractivity contribution in [1.82, 2.24) is 9.97 Å². The summed E-state index contributed by atoms with van der Waals surface area (Å²) in [5, 5.41) is 0. The van der Waals surface area contributed by atoms with E-state index in [0.717, 1.165) is 16.6 Å². The monoisotopic (exact) mass is 281 g/mol. The summed E-state index contributed by atoms with van der Waals surface area (Å²) in [6.45, 7) is 0.414. The van der Waals surface area contributed by atoms with Crippen LogP contribution in [0.1, 0.15) is 5.56 Å². The molecular weight excluding hydrogens is 266 g/mol. The van der Waals surface area contributed by atoms with Crippen molar-refractivity contribution in [2.24, 2.45) is 5.73 Å². The predicted molar refractivity (Wildman–Crippen MR) is 80.5 cm³/mol. The fourth-order valence-corrected chi connectivity index (χ4v) is 2.04. The third-order valence-electron chi connectivity index (χ3n) is 3.06. The molecule has 2 aromatic carbocycles. The molecule has 0 bridgehead atoms. The molecule has 2 N–H and O–H groups in total. The Morgan fingerprint density at radius 3 is 2.57 bits per heavy atom. The number of aromatic nitrogens is 2. The summed E-state index contributed by atoms with van der Waals surface area (Å²) >= 11 is 0. The van der Waals surface area contributed by atoms with E-state index in [2.05, 4.69) is 9.97 Å². The first-order chi connectivity index (χ1) is 10.3. The SMILES string of the molecule is COc1cc(CN)cc(Oc2cnc3ccccc3n2)c1. The Morgan fingerprint density at radius 2 is 1.81 bits per heavy atom. The number of ether oxygens (including phenoxy) is 2. The van der Waals surface area contributed by atoms with Crippen LogP contribution in [0.2, 0.25) is 0 Å². The zero-order chi connectivity index (χ0) is 14.7. The highest BCUT2D eigenvalue weighted by molar-refractivity contribution is 5.74. The summed E-state index contributed by atoms with van der Waals surface area (Å²) in [6.07, 6.45) is 1.60. The minimum absolute atomic E-state index is 0.414. The van der Waals surface area contributed by atoms with Crippen molar-refractivity contribution in [3.8, 4) is 17.4 Å². The summed E-state index contributed by atoms with van der Waals surface area (Å²) in [5.74, 6) is 1.76. The highest BCUT2D eigenvalue weighted by Crippen LogP contribution is 2.26. The van der Waals surface area contributed by atoms with Crippen molar-refractivity contribution in [2.45, 2.75) is 6.54 Å². The number of fused-ring (bicyclic) bond motifs is 1. The van der Waals surface area contributed by atoms with E-state index in [1.54, 1.807) is 19.4 Å². The zero-order valence-corrected chi connectivity index (χ0v) is 11.6. The van der Waals surface area contributed by atoms with E-state index in [-0.39, 0.29) is 0 Å². The van der Waals surface area contributed by atoms with Gasteiger partial charge in [0.2, 0.25) is 5.88 Å². The maximum absolute atomic E-state index is 5.76. The van der Waals surface area contributed by atoms with Crippen LogP contribution in [-0.4, -0.2) is 17.1 Å². The number of nitrogens with zero attached hydrogens (tertiary/aromatic N) is 2. The molecule has 5 nitrogen and oxygen atoms in total. The highest BCUT2D eigenvalue weighted by Gasteiger charge is 2.05. The minimum atomic E-state index is 0.414. The standard InChI is InChI=1S/C16H15N3O2/c1-20-12-6-11(9-17)7-13(8-12)21-16-10-18-14-4-2-3-5-15(14)19-16/h2-8,10H,9,17H2,1H3. The van der Waals surface area contributed by atoms with Crippen LogP contribution < -0.4 is 15.2 Å². The molecule has 0 unspecified atom stereocenters. The molecule has 0 aliphatic rings. The lowest BCUT2D eigenvalue weighted by atomic mass is 10.2. The first-order valence-corrected chi connectivity index (χ1v) is 6.56. The fraction of sp³-hybridized carbons (Fsp3) is 0.125. The largest absolute Gasteiger partial charge is 0.497 e. The molecule has 3 aromatic rings. The lowest BCUT2D eigenvalue weighted by molar-refractivity contribution is 0.406. The fourth-order valence-electron chi connectivity index (χ4n) is 2.04. The maximum atomic E-state index is 5.76. The van der Waals surface area contributed by atoms with Crippen LogP contribution in [0.5, 0.6) is 17.4 Å². The van der Waals surface area contributed by atoms with Crippen molar-refractivity contribution in [1.29, 1.82) is 0 Å². The molecule has 0 spiro atoms. The average molecular weight is 281 g/mol. The molecule has 0 atom stereocenters. The first kappa shape index (κ1) is 13.3. The summed E-state index contributed by atoms with van der Waals surface area (Å²) < 4.78 is 11.0. The van der Waals surface area contributed by atoms with Crippen LogP contribution in [0.3, 0.4) is 0 Å². The van der Waals surface area contributed by atoms with Gasteiger partial charge in [0.15, 0.2) is 0 Å². The van der Waals surface area contributed by atoms with E-state index in [9.17, 15) is 0 Å². The van der Waals surface area contributed by atoms with Gasteiger partial charge in [-0.15, -0.1) is 0 Å². The Kier molecular flexibility index (Phi) is 3.66. The molecule has 106 valence electrons. The quantitative estimate of drug-likeness (QED) is 0.796. The molecular formula is C16H15N3O2. The number of hydrogen-bond acceptors (Lipinski definition) is 5. The minimum Gasteiger partial charge on any atom is -0.497 e. The average Bonchev–Trinajstić information content (AvgIpc) is 2.54. The number of methoxy groups -OCH3 is 1. The molecule has 0 saturated carbocycles. The van der Waals surface area contributed by atoms with Crippen LogP contribution in [0.15, 0.2) is 48.7 Å². The maximum Gasteiger partial charge on any atom is 0.238 e. The smallest absolute Gasteiger partial charge is 0.238 e. The molecule has 1 heterocycles. The Bertz CT molecular complexity index is 752. The van der Waals surface area contributed by atoms with Gasteiger partial charge in [-0.2, -0.15) is 0 Å². The molecule has 0 aliphatic carbocycles. The molecule has 21 heavy (non-hydrogen) atoms. The molecule has 0 fully saturated rings. The van der Waals surface area contributed by atoms with Gasteiger partial charge in [0.25, 0.3) is 0 Å². The van der Waals surface area contributed by atoms with Gasteiger partial charge in [-0.3, -0.25) is 0 Å². The van der Waals surface area contributed by atoms with Crippen LogP contribution in [0.25, 0.3) is 11.0 Å². The van der Waals surface area contributed by atoms with E-state index < -0.39 is 0 Å². The number of rotatable bonds is 4. The van der Waals surface area contributed by atoms with Crippen molar-refractivity contribution in [3.63, 3.8) is 0 Å². The van der Waals surface area contributed by atoms with Gasteiger partial charge >= 0.3 is 0 Å². The second-order valence-corrected chi connectivity index (χ2v) is 4.52. The first-order valence-electron chi connectivity index (χ1n) is 6.56. The molecule has 1 aromatic heterocycles. The van der Waals surface area contributed by atoms with E-state index in [1.165, 1.54) is 0 Å². The predicted octanol–water partition coefficient (Wildman–Crippen LogP) is 2.89. The van der Waals surface area contributed by atoms with Gasteiger partial charge in [-0.05, 0) is 29.8 Å². The summed E-state index contributed by atoms with van der Waals surface area (Å²) in [5.41, 5.74) is 8.22. The topological polar surface area (TPSA) is 70.3 Å². The van der Waals surface area contributed by atoms with Crippen molar-refractivity contribution >= 4 is 11.0 Å². The van der Waals surface area contributed by atoms with Gasteiger partial charge in [0.1, 0.15) is 11.5 Å². The molecule has 0 saturated heterocycles. The van der Waals surface area contributed by atoms with E-state index >= 15 is 0 Å². The highest BCUT2D eigenvalue weighted by atomic mass is 16.5. The Morgan fingerprint density at radius 1 is 1.05 bits per heavy atom. The zero-order valence-electron chi connectivity index (χ0n) is 11.6. The van der Waals surface area contributed by atoms with Gasteiger partial charge in [-0.25, -0.2) is 9.97 Å². The van der Waals surface area contributed by atoms with E-state index in [4.69, 9.17) is 15.2 Å². The van der Waals surface area contributed by atoms with E-state index in [1.807, 2.05) is 36.4 Å². The third-order valence-corrected chi connectivity index (χ3v) is 3.06. The lowest BCUT2D eigenvalue weighted by Gasteiger charge is -2.09. The summed E-state index contributed by atoms with van der Waals surface area (Å²) in [4.78, 5) is 8.74. The Hall–Kier alpha value is -2.66. The van der Waals surface area contributed by atoms with Gasteiger partial charge < -0.3 is 15.2 Å². The van der Waals surface area contributed by atoms with Gasteiger partial charge in [-0.1, -0.05) is 12.1 Å². The summed E-state index contributed by atoms with van der Waals surface area (Å²) in [7, 11) is 1.61. The lowest BCUT2D eigenvalue weighted by Crippen LogP contribution is -1.98. The van der Waals surface area contributed by atoms with E-state index in [0.29, 0.717) is 23.9 Å². The second kappa shape index (κ2) is 5.76. The molecule has 0 amide bonds. The number of benzene rings is 2. The molecule has 0 aliphatic heterocycles. The Labute approximate surface area is 122 Å². The Balaban J connectivity index is 1.94. The molecule has 3 rings (SSSR count). The van der Waals surface area contributed by atoms with Gasteiger partial charge in [0, 0.05) is 12.6 Å². The van der Waals surface area contributed by atoms with Crippen LogP contribution in [0.4, 0.5) is 0 Å². The number of para-hydroxylation sites is 2. The van der Waals surface area contributed by atoms with Crippen molar-refractivity contribution in [2.75, 3.05) is 7.11 Å². The van der Waals surface area contributed by atoms with Gasteiger partial charge in [0.05, 0.1) is 24.3 Å². The van der Waals surface area contributed by atoms with Crippen LogP contribution in [0, 0.1) is 0 Å².